The van der Waals surface area contributed by atoms with Gasteiger partial charge in [0.05, 0.1) is 24.5 Å². The molecule has 0 unspecified atom stereocenters. The molecule has 0 bridgehead atoms. The first-order valence-electron chi connectivity index (χ1n) is 10.4. The van der Waals surface area contributed by atoms with E-state index in [-0.39, 0.29) is 29.5 Å². The van der Waals surface area contributed by atoms with Crippen molar-refractivity contribution in [2.45, 2.75) is 44.7 Å². The number of carbonyl (C=O) groups excluding carboxylic acids is 1. The molecule has 0 aliphatic carbocycles. The summed E-state index contributed by atoms with van der Waals surface area (Å²) >= 11 is 0. The zero-order valence-electron chi connectivity index (χ0n) is 18.6. The maximum Gasteiger partial charge on any atom is 0.283 e. The molecule has 10 heteroatoms. The molecule has 1 amide bonds. The molecule has 2 heterocycles. The zero-order chi connectivity index (χ0) is 24.6. The van der Waals surface area contributed by atoms with Crippen molar-refractivity contribution in [2.75, 3.05) is 12.8 Å². The summed E-state index contributed by atoms with van der Waals surface area (Å²) < 4.78 is 70.9. The lowest BCUT2D eigenvalue weighted by Gasteiger charge is -2.28. The molecule has 2 atom stereocenters. The van der Waals surface area contributed by atoms with E-state index in [0.717, 1.165) is 11.2 Å². The minimum atomic E-state index is -4.04. The first kappa shape index (κ1) is 24.9. The predicted molar refractivity (Wildman–Crippen MR) is 120 cm³/mol. The second-order valence-corrected chi connectivity index (χ2v) is 10.0. The first-order valence-corrected chi connectivity index (χ1v) is 12.3. The lowest BCUT2D eigenvalue weighted by atomic mass is 9.96. The Morgan fingerprint density at radius 2 is 1.94 bits per heavy atom. The van der Waals surface area contributed by atoms with Crippen LogP contribution in [0.2, 0.25) is 0 Å². The SMILES string of the molecule is C=C(CC)C(=O)N1CC(F)(F)[C@H](NS(C)(=O)=O)[C@@H]1Cc1cccc(-c2cccc(C)n2)c1F. The van der Waals surface area contributed by atoms with E-state index in [1.807, 2.05) is 4.72 Å². The molecule has 33 heavy (non-hydrogen) atoms. The number of likely N-dealkylation sites (tertiary alicyclic amines) is 1. The van der Waals surface area contributed by atoms with Crippen LogP contribution in [-0.2, 0) is 21.2 Å². The number of pyridine rings is 1. The van der Waals surface area contributed by atoms with Crippen molar-refractivity contribution < 1.29 is 26.4 Å². The highest BCUT2D eigenvalue weighted by atomic mass is 32.2. The molecule has 6 nitrogen and oxygen atoms in total. The highest BCUT2D eigenvalue weighted by Gasteiger charge is 2.57. The number of nitrogens with zero attached hydrogens (tertiary/aromatic N) is 2. The Hall–Kier alpha value is -2.72. The van der Waals surface area contributed by atoms with Gasteiger partial charge in [0.15, 0.2) is 0 Å². The number of amides is 1. The highest BCUT2D eigenvalue weighted by molar-refractivity contribution is 7.88. The van der Waals surface area contributed by atoms with Gasteiger partial charge in [-0.25, -0.2) is 26.3 Å². The van der Waals surface area contributed by atoms with Gasteiger partial charge in [0.25, 0.3) is 5.92 Å². The van der Waals surface area contributed by atoms with Crippen LogP contribution in [0, 0.1) is 12.7 Å². The van der Waals surface area contributed by atoms with Crippen LogP contribution in [0.4, 0.5) is 13.2 Å². The molecule has 1 saturated heterocycles. The second-order valence-electron chi connectivity index (χ2n) is 8.23. The minimum Gasteiger partial charge on any atom is -0.328 e. The number of aromatic nitrogens is 1. The molecule has 2 aromatic rings. The van der Waals surface area contributed by atoms with Crippen molar-refractivity contribution in [3.63, 3.8) is 0 Å². The summed E-state index contributed by atoms with van der Waals surface area (Å²) in [6.45, 7) is 6.05. The van der Waals surface area contributed by atoms with Crippen LogP contribution < -0.4 is 4.72 Å². The Morgan fingerprint density at radius 1 is 1.27 bits per heavy atom. The summed E-state index contributed by atoms with van der Waals surface area (Å²) in [5, 5.41) is 0. The molecule has 0 radical (unpaired) electrons. The average molecular weight is 482 g/mol. The summed E-state index contributed by atoms with van der Waals surface area (Å²) in [6.07, 6.45) is 0.678. The zero-order valence-corrected chi connectivity index (χ0v) is 19.4. The average Bonchev–Trinajstić information content (AvgIpc) is 2.97. The number of aryl methyl sites for hydroxylation is 1. The lowest BCUT2D eigenvalue weighted by Crippen LogP contribution is -2.52. The molecular formula is C23H26F3N3O3S. The van der Waals surface area contributed by atoms with Crippen molar-refractivity contribution in [1.82, 2.24) is 14.6 Å². The van der Waals surface area contributed by atoms with E-state index in [1.54, 1.807) is 38.1 Å². The number of hydrogen-bond acceptors (Lipinski definition) is 4. The first-order chi connectivity index (χ1) is 15.3. The summed E-state index contributed by atoms with van der Waals surface area (Å²) in [7, 11) is -4.04. The van der Waals surface area contributed by atoms with Gasteiger partial charge in [-0.3, -0.25) is 9.78 Å². The van der Waals surface area contributed by atoms with Crippen LogP contribution >= 0.6 is 0 Å². The largest absolute Gasteiger partial charge is 0.328 e. The third-order valence-corrected chi connectivity index (χ3v) is 6.31. The van der Waals surface area contributed by atoms with Crippen LogP contribution in [0.5, 0.6) is 0 Å². The summed E-state index contributed by atoms with van der Waals surface area (Å²) in [5.74, 6) is -4.92. The van der Waals surface area contributed by atoms with Gasteiger partial charge in [0.1, 0.15) is 11.9 Å². The van der Waals surface area contributed by atoms with Crippen molar-refractivity contribution >= 4 is 15.9 Å². The van der Waals surface area contributed by atoms with Crippen molar-refractivity contribution in [2.24, 2.45) is 0 Å². The maximum atomic E-state index is 15.5. The number of nitrogens with one attached hydrogen (secondary N) is 1. The molecular weight excluding hydrogens is 455 g/mol. The fraction of sp³-hybridized carbons (Fsp3) is 0.391. The molecule has 178 valence electrons. The van der Waals surface area contributed by atoms with Gasteiger partial charge in [0.2, 0.25) is 15.9 Å². The topological polar surface area (TPSA) is 79.4 Å². The molecule has 0 saturated carbocycles. The quantitative estimate of drug-likeness (QED) is 0.615. The minimum absolute atomic E-state index is 0.0683. The summed E-state index contributed by atoms with van der Waals surface area (Å²) in [5.41, 5.74) is 1.42. The second kappa shape index (κ2) is 9.26. The molecule has 0 spiro atoms. The van der Waals surface area contributed by atoms with E-state index in [4.69, 9.17) is 0 Å². The van der Waals surface area contributed by atoms with E-state index < -0.39 is 46.3 Å². The number of alkyl halides is 2. The van der Waals surface area contributed by atoms with Crippen LogP contribution in [0.1, 0.15) is 24.6 Å². The monoisotopic (exact) mass is 481 g/mol. The number of benzene rings is 1. The molecule has 1 aromatic carbocycles. The number of carbonyl (C=O) groups is 1. The smallest absolute Gasteiger partial charge is 0.283 e. The fourth-order valence-corrected chi connectivity index (χ4v) is 4.75. The van der Waals surface area contributed by atoms with Crippen LogP contribution in [-0.4, -0.2) is 55.0 Å². The van der Waals surface area contributed by atoms with Gasteiger partial charge in [0, 0.05) is 16.8 Å². The van der Waals surface area contributed by atoms with E-state index in [0.29, 0.717) is 11.4 Å². The van der Waals surface area contributed by atoms with Gasteiger partial charge in [-0.2, -0.15) is 0 Å². The Balaban J connectivity index is 2.05. The molecule has 1 fully saturated rings. The Morgan fingerprint density at radius 3 is 2.55 bits per heavy atom. The van der Waals surface area contributed by atoms with E-state index in [2.05, 4.69) is 11.6 Å². The third-order valence-electron chi connectivity index (χ3n) is 5.62. The van der Waals surface area contributed by atoms with Crippen LogP contribution in [0.15, 0.2) is 48.6 Å². The van der Waals surface area contributed by atoms with Gasteiger partial charge in [-0.1, -0.05) is 31.7 Å². The predicted octanol–water partition coefficient (Wildman–Crippen LogP) is 3.47. The van der Waals surface area contributed by atoms with Crippen LogP contribution in [0.3, 0.4) is 0 Å². The number of sulfonamides is 1. The fourth-order valence-electron chi connectivity index (χ4n) is 3.96. The molecule has 1 aromatic heterocycles. The lowest BCUT2D eigenvalue weighted by molar-refractivity contribution is -0.129. The van der Waals surface area contributed by atoms with Crippen molar-refractivity contribution in [1.29, 1.82) is 0 Å². The van der Waals surface area contributed by atoms with E-state index in [1.165, 1.54) is 12.1 Å². The standard InChI is InChI=1S/C23H26F3N3O3S/c1-5-14(2)22(30)29-13-23(25,26)21(28-33(4,31)32)19(29)12-16-9-7-10-17(20(16)24)18-11-6-8-15(3)27-18/h6-11,19,21,28H,2,5,12-13H2,1,3-4H3/t19-,21+/m0/s1. The van der Waals surface area contributed by atoms with Gasteiger partial charge < -0.3 is 4.90 Å². The third kappa shape index (κ3) is 5.44. The maximum absolute atomic E-state index is 15.5. The normalized spacial score (nSPS) is 20.1. The molecule has 1 aliphatic rings. The van der Waals surface area contributed by atoms with Crippen LogP contribution in [0.25, 0.3) is 11.3 Å². The van der Waals surface area contributed by atoms with Crippen molar-refractivity contribution in [3.05, 3.63) is 65.6 Å². The molecule has 1 N–H and O–H groups in total. The Bertz CT molecular complexity index is 1180. The highest BCUT2D eigenvalue weighted by Crippen LogP contribution is 2.36. The van der Waals surface area contributed by atoms with E-state index in [9.17, 15) is 22.0 Å². The number of hydrogen-bond donors (Lipinski definition) is 1. The van der Waals surface area contributed by atoms with E-state index >= 15 is 4.39 Å². The number of rotatable bonds is 7. The van der Waals surface area contributed by atoms with Gasteiger partial charge >= 0.3 is 0 Å². The molecule has 3 rings (SSSR count). The summed E-state index contributed by atoms with van der Waals surface area (Å²) in [6, 6.07) is 6.41. The van der Waals surface area contributed by atoms with Gasteiger partial charge in [-0.05, 0) is 43.5 Å². The molecule has 1 aliphatic heterocycles. The Kier molecular flexibility index (Phi) is 6.99. The summed E-state index contributed by atoms with van der Waals surface area (Å²) in [4.78, 5) is 18.0. The van der Waals surface area contributed by atoms with Crippen molar-refractivity contribution in [3.8, 4) is 11.3 Å². The number of halogens is 3. The Labute approximate surface area is 191 Å². The van der Waals surface area contributed by atoms with Gasteiger partial charge in [-0.15, -0.1) is 0 Å².